The fourth-order valence-corrected chi connectivity index (χ4v) is 2.93. The number of amides is 2. The molecule has 6 nitrogen and oxygen atoms in total. The fourth-order valence-electron chi connectivity index (χ4n) is 2.43. The van der Waals surface area contributed by atoms with E-state index in [-0.39, 0.29) is 24.2 Å². The molecule has 1 heterocycles. The highest BCUT2D eigenvalue weighted by molar-refractivity contribution is 6.36. The fraction of sp³-hybridized carbons (Fsp3) is 0.389. The molecule has 0 spiro atoms. The Morgan fingerprint density at radius 3 is 2.69 bits per heavy atom. The van der Waals surface area contributed by atoms with E-state index in [4.69, 9.17) is 27.6 Å². The molecule has 0 radical (unpaired) electrons. The number of carbonyl (C=O) groups is 2. The van der Waals surface area contributed by atoms with Gasteiger partial charge in [0, 0.05) is 42.4 Å². The molecule has 1 aliphatic rings. The second-order valence-electron chi connectivity index (χ2n) is 6.16. The molecule has 2 amide bonds. The van der Waals surface area contributed by atoms with Crippen LogP contribution in [0.4, 0.5) is 0 Å². The van der Waals surface area contributed by atoms with E-state index in [0.717, 1.165) is 12.8 Å². The molecule has 0 atom stereocenters. The van der Waals surface area contributed by atoms with Gasteiger partial charge in [0.25, 0.3) is 0 Å². The molecular weight excluding hydrogens is 377 g/mol. The zero-order chi connectivity index (χ0) is 18.5. The van der Waals surface area contributed by atoms with E-state index in [1.807, 2.05) is 0 Å². The summed E-state index contributed by atoms with van der Waals surface area (Å²) in [5.74, 6) is 1.13. The van der Waals surface area contributed by atoms with Gasteiger partial charge in [-0.3, -0.25) is 9.59 Å². The van der Waals surface area contributed by atoms with Crippen LogP contribution in [0.2, 0.25) is 10.0 Å². The Balaban J connectivity index is 1.41. The molecule has 2 N–H and O–H groups in total. The predicted octanol–water partition coefficient (Wildman–Crippen LogP) is 3.22. The molecule has 8 heteroatoms. The first-order chi connectivity index (χ1) is 12.5. The number of carbonyl (C=O) groups excluding carboxylic acids is 2. The average Bonchev–Trinajstić information content (AvgIpc) is 3.36. The molecule has 1 aliphatic carbocycles. The predicted molar refractivity (Wildman–Crippen MR) is 99.0 cm³/mol. The van der Waals surface area contributed by atoms with Crippen molar-refractivity contribution in [1.29, 1.82) is 0 Å². The van der Waals surface area contributed by atoms with Gasteiger partial charge in [-0.05, 0) is 31.0 Å². The van der Waals surface area contributed by atoms with Crippen LogP contribution in [0.15, 0.2) is 28.8 Å². The Morgan fingerprint density at radius 1 is 1.19 bits per heavy atom. The third kappa shape index (κ3) is 5.22. The number of nitrogens with one attached hydrogen (secondary N) is 2. The number of aryl methyl sites for hydroxylation is 1. The van der Waals surface area contributed by atoms with E-state index in [2.05, 4.69) is 15.6 Å². The quantitative estimate of drug-likeness (QED) is 0.671. The number of halogens is 2. The summed E-state index contributed by atoms with van der Waals surface area (Å²) in [6.45, 7) is 0.855. The minimum Gasteiger partial charge on any atom is -0.441 e. The molecule has 1 saturated carbocycles. The van der Waals surface area contributed by atoms with Gasteiger partial charge < -0.3 is 15.1 Å². The molecule has 26 heavy (non-hydrogen) atoms. The Morgan fingerprint density at radius 2 is 1.96 bits per heavy atom. The minimum atomic E-state index is -0.116. The van der Waals surface area contributed by atoms with Crippen LogP contribution in [0, 0.1) is 5.92 Å². The Kier molecular flexibility index (Phi) is 6.16. The zero-order valence-electron chi connectivity index (χ0n) is 14.1. The van der Waals surface area contributed by atoms with Gasteiger partial charge in [0.05, 0.1) is 11.2 Å². The van der Waals surface area contributed by atoms with Crippen LogP contribution in [0.1, 0.15) is 25.2 Å². The molecule has 0 unspecified atom stereocenters. The summed E-state index contributed by atoms with van der Waals surface area (Å²) in [5.41, 5.74) is 0.700. The van der Waals surface area contributed by atoms with E-state index in [9.17, 15) is 9.59 Å². The molecule has 0 aliphatic heterocycles. The molecule has 1 fully saturated rings. The SMILES string of the molecule is O=C(CCc1ncc(-c2ccc(Cl)cc2Cl)o1)NCCNC(=O)C1CC1. The van der Waals surface area contributed by atoms with Crippen LogP contribution in [-0.2, 0) is 16.0 Å². The first kappa shape index (κ1) is 18.7. The van der Waals surface area contributed by atoms with Crippen molar-refractivity contribution in [2.45, 2.75) is 25.7 Å². The molecule has 2 aromatic rings. The largest absolute Gasteiger partial charge is 0.441 e. The Bertz CT molecular complexity index is 803. The lowest BCUT2D eigenvalue weighted by Gasteiger charge is -2.06. The lowest BCUT2D eigenvalue weighted by Crippen LogP contribution is -2.35. The van der Waals surface area contributed by atoms with E-state index >= 15 is 0 Å². The third-order valence-corrected chi connectivity index (χ3v) is 4.56. The summed E-state index contributed by atoms with van der Waals surface area (Å²) in [6.07, 6.45) is 4.15. The summed E-state index contributed by atoms with van der Waals surface area (Å²) in [5, 5.41) is 6.58. The maximum absolute atomic E-state index is 11.8. The van der Waals surface area contributed by atoms with Crippen molar-refractivity contribution in [3.05, 3.63) is 40.3 Å². The van der Waals surface area contributed by atoms with Crippen LogP contribution in [0.5, 0.6) is 0 Å². The van der Waals surface area contributed by atoms with Gasteiger partial charge in [0.15, 0.2) is 11.7 Å². The van der Waals surface area contributed by atoms with Gasteiger partial charge in [-0.1, -0.05) is 23.2 Å². The van der Waals surface area contributed by atoms with Crippen molar-refractivity contribution in [1.82, 2.24) is 15.6 Å². The van der Waals surface area contributed by atoms with E-state index < -0.39 is 0 Å². The smallest absolute Gasteiger partial charge is 0.223 e. The lowest BCUT2D eigenvalue weighted by molar-refractivity contribution is -0.123. The maximum Gasteiger partial charge on any atom is 0.223 e. The van der Waals surface area contributed by atoms with Crippen molar-refractivity contribution < 1.29 is 14.0 Å². The van der Waals surface area contributed by atoms with E-state index in [1.54, 1.807) is 24.4 Å². The Hall–Kier alpha value is -2.05. The second-order valence-corrected chi connectivity index (χ2v) is 7.00. The van der Waals surface area contributed by atoms with Gasteiger partial charge >= 0.3 is 0 Å². The standard InChI is InChI=1S/C18H19Cl2N3O3/c19-12-3-4-13(14(20)9-12)15-10-23-17(26-15)6-5-16(24)21-7-8-22-18(25)11-1-2-11/h3-4,9-11H,1-2,5-8H2,(H,21,24)(H,22,25). The lowest BCUT2D eigenvalue weighted by atomic mass is 10.2. The minimum absolute atomic E-state index is 0.0763. The summed E-state index contributed by atoms with van der Waals surface area (Å²) in [6, 6.07) is 5.12. The van der Waals surface area contributed by atoms with Crippen LogP contribution < -0.4 is 10.6 Å². The summed E-state index contributed by atoms with van der Waals surface area (Å²) in [7, 11) is 0. The molecule has 0 bridgehead atoms. The third-order valence-electron chi connectivity index (χ3n) is 4.01. The molecule has 1 aromatic carbocycles. The second kappa shape index (κ2) is 8.56. The van der Waals surface area contributed by atoms with Gasteiger partial charge in [0.2, 0.25) is 11.8 Å². The van der Waals surface area contributed by atoms with Crippen LogP contribution in [-0.4, -0.2) is 29.9 Å². The first-order valence-electron chi connectivity index (χ1n) is 8.47. The number of aromatic nitrogens is 1. The molecule has 3 rings (SSSR count). The first-order valence-corrected chi connectivity index (χ1v) is 9.23. The number of rotatable bonds is 8. The summed E-state index contributed by atoms with van der Waals surface area (Å²) in [4.78, 5) is 27.5. The van der Waals surface area contributed by atoms with Gasteiger partial charge in [-0.2, -0.15) is 0 Å². The zero-order valence-corrected chi connectivity index (χ0v) is 15.6. The Labute approximate surface area is 161 Å². The van der Waals surface area contributed by atoms with Crippen molar-refractivity contribution in [3.63, 3.8) is 0 Å². The van der Waals surface area contributed by atoms with Crippen molar-refractivity contribution in [3.8, 4) is 11.3 Å². The van der Waals surface area contributed by atoms with Crippen LogP contribution in [0.25, 0.3) is 11.3 Å². The maximum atomic E-state index is 11.8. The van der Waals surface area contributed by atoms with Gasteiger partial charge in [0.1, 0.15) is 0 Å². The molecule has 0 saturated heterocycles. The highest BCUT2D eigenvalue weighted by atomic mass is 35.5. The van der Waals surface area contributed by atoms with Gasteiger partial charge in [-0.25, -0.2) is 4.98 Å². The normalized spacial score (nSPS) is 13.5. The number of oxazole rings is 1. The topological polar surface area (TPSA) is 84.2 Å². The highest BCUT2D eigenvalue weighted by Crippen LogP contribution is 2.31. The number of nitrogens with zero attached hydrogens (tertiary/aromatic N) is 1. The average molecular weight is 396 g/mol. The van der Waals surface area contributed by atoms with Crippen LogP contribution >= 0.6 is 23.2 Å². The monoisotopic (exact) mass is 395 g/mol. The van der Waals surface area contributed by atoms with E-state index in [1.165, 1.54) is 0 Å². The van der Waals surface area contributed by atoms with Crippen LogP contribution in [0.3, 0.4) is 0 Å². The molecule has 1 aromatic heterocycles. The number of benzene rings is 1. The van der Waals surface area contributed by atoms with E-state index in [0.29, 0.717) is 46.8 Å². The molecular formula is C18H19Cl2N3O3. The summed E-state index contributed by atoms with van der Waals surface area (Å²) < 4.78 is 5.66. The van der Waals surface area contributed by atoms with Crippen molar-refractivity contribution in [2.24, 2.45) is 5.92 Å². The number of hydrogen-bond acceptors (Lipinski definition) is 4. The molecule has 138 valence electrons. The van der Waals surface area contributed by atoms with Crippen molar-refractivity contribution >= 4 is 35.0 Å². The van der Waals surface area contributed by atoms with Gasteiger partial charge in [-0.15, -0.1) is 0 Å². The van der Waals surface area contributed by atoms with Crippen molar-refractivity contribution in [2.75, 3.05) is 13.1 Å². The summed E-state index contributed by atoms with van der Waals surface area (Å²) >= 11 is 12.0. The highest BCUT2D eigenvalue weighted by Gasteiger charge is 2.28. The number of hydrogen-bond donors (Lipinski definition) is 2.